The van der Waals surface area contributed by atoms with Crippen LogP contribution in [0.5, 0.6) is 0 Å². The molecule has 3 rings (SSSR count). The molecule has 0 bridgehead atoms. The molecule has 29 heavy (non-hydrogen) atoms. The van der Waals surface area contributed by atoms with Crippen LogP contribution >= 0.6 is 0 Å². The molecule has 2 heterocycles. The number of amides is 1. The normalized spacial score (nSPS) is 13.4. The molecule has 1 N–H and O–H groups in total. The zero-order valence-electron chi connectivity index (χ0n) is 16.5. The number of rotatable bonds is 7. The van der Waals surface area contributed by atoms with Gasteiger partial charge >= 0.3 is 5.97 Å². The van der Waals surface area contributed by atoms with Crippen LogP contribution in [0.4, 0.5) is 11.6 Å². The molecule has 0 spiro atoms. The molecule has 9 nitrogen and oxygen atoms in total. The van der Waals surface area contributed by atoms with E-state index in [2.05, 4.69) is 15.0 Å². The summed E-state index contributed by atoms with van der Waals surface area (Å²) in [5.41, 5.74) is 1.14. The van der Waals surface area contributed by atoms with E-state index in [1.165, 1.54) is 17.7 Å². The fourth-order valence-electron chi connectivity index (χ4n) is 3.22. The highest BCUT2D eigenvalue weighted by molar-refractivity contribution is 5.93. The fraction of sp³-hybridized carbons (Fsp3) is 0.400. The van der Waals surface area contributed by atoms with E-state index in [0.29, 0.717) is 22.9 Å². The largest absolute Gasteiger partial charge is 0.465 e. The molecule has 1 aliphatic heterocycles. The monoisotopic (exact) mass is 400 g/mol. The Morgan fingerprint density at radius 2 is 1.83 bits per heavy atom. The van der Waals surface area contributed by atoms with E-state index in [1.54, 1.807) is 31.4 Å². The first-order valence-electron chi connectivity index (χ1n) is 9.34. The van der Waals surface area contributed by atoms with Crippen molar-refractivity contribution in [2.75, 3.05) is 37.5 Å². The van der Waals surface area contributed by atoms with Crippen LogP contribution in [0.2, 0.25) is 0 Å². The maximum atomic E-state index is 12.6. The SMILES string of the molecule is COCc1cc(=O)n(CC(=O)Nc2ccc(C(=O)OC)cc2)c(N2CCCC2)n1. The molecule has 1 amide bonds. The first kappa shape index (κ1) is 20.5. The van der Waals surface area contributed by atoms with Crippen LogP contribution in [0.3, 0.4) is 0 Å². The number of methoxy groups -OCH3 is 2. The van der Waals surface area contributed by atoms with Gasteiger partial charge in [0, 0.05) is 32.0 Å². The number of hydrogen-bond donors (Lipinski definition) is 1. The van der Waals surface area contributed by atoms with Crippen molar-refractivity contribution in [1.82, 2.24) is 9.55 Å². The first-order chi connectivity index (χ1) is 14.0. The van der Waals surface area contributed by atoms with Crippen molar-refractivity contribution in [2.24, 2.45) is 0 Å². The molecule has 1 aliphatic rings. The molecule has 1 aromatic heterocycles. The zero-order valence-corrected chi connectivity index (χ0v) is 16.5. The number of nitrogens with one attached hydrogen (secondary N) is 1. The maximum Gasteiger partial charge on any atom is 0.337 e. The van der Waals surface area contributed by atoms with Crippen molar-refractivity contribution in [1.29, 1.82) is 0 Å². The molecule has 2 aromatic rings. The Balaban J connectivity index is 1.78. The minimum Gasteiger partial charge on any atom is -0.465 e. The average molecular weight is 400 g/mol. The summed E-state index contributed by atoms with van der Waals surface area (Å²) in [5, 5.41) is 2.74. The number of aromatic nitrogens is 2. The van der Waals surface area contributed by atoms with Crippen LogP contribution in [0.25, 0.3) is 0 Å². The zero-order chi connectivity index (χ0) is 20.8. The van der Waals surface area contributed by atoms with Gasteiger partial charge in [-0.25, -0.2) is 9.78 Å². The lowest BCUT2D eigenvalue weighted by Gasteiger charge is -2.21. The molecular weight excluding hydrogens is 376 g/mol. The molecule has 0 atom stereocenters. The molecule has 0 aliphatic carbocycles. The van der Waals surface area contributed by atoms with Gasteiger partial charge in [-0.1, -0.05) is 0 Å². The van der Waals surface area contributed by atoms with Gasteiger partial charge in [0.05, 0.1) is 25.0 Å². The topological polar surface area (TPSA) is 103 Å². The minimum atomic E-state index is -0.452. The number of anilines is 2. The summed E-state index contributed by atoms with van der Waals surface area (Å²) in [6.45, 7) is 1.65. The molecule has 0 radical (unpaired) electrons. The second-order valence-corrected chi connectivity index (χ2v) is 6.72. The van der Waals surface area contributed by atoms with Gasteiger partial charge in [0.1, 0.15) is 6.54 Å². The Bertz CT molecular complexity index is 933. The summed E-state index contributed by atoms with van der Waals surface area (Å²) in [4.78, 5) is 43.2. The van der Waals surface area contributed by atoms with Gasteiger partial charge in [-0.3, -0.25) is 14.2 Å². The van der Waals surface area contributed by atoms with Crippen molar-refractivity contribution in [3.8, 4) is 0 Å². The van der Waals surface area contributed by atoms with Gasteiger partial charge in [-0.05, 0) is 37.1 Å². The number of benzene rings is 1. The first-order valence-corrected chi connectivity index (χ1v) is 9.34. The number of nitrogens with zero attached hydrogens (tertiary/aromatic N) is 3. The van der Waals surface area contributed by atoms with Crippen LogP contribution in [0.1, 0.15) is 28.9 Å². The lowest BCUT2D eigenvalue weighted by atomic mass is 10.2. The van der Waals surface area contributed by atoms with Gasteiger partial charge in [0.25, 0.3) is 5.56 Å². The van der Waals surface area contributed by atoms with E-state index < -0.39 is 5.97 Å². The quantitative estimate of drug-likeness (QED) is 0.701. The Morgan fingerprint density at radius 3 is 2.45 bits per heavy atom. The molecule has 1 aromatic carbocycles. The molecule has 154 valence electrons. The van der Waals surface area contributed by atoms with Crippen LogP contribution in [-0.2, 0) is 27.4 Å². The number of ether oxygens (including phenoxy) is 2. The van der Waals surface area contributed by atoms with Gasteiger partial charge < -0.3 is 19.7 Å². The van der Waals surface area contributed by atoms with E-state index in [0.717, 1.165) is 25.9 Å². The molecule has 9 heteroatoms. The fourth-order valence-corrected chi connectivity index (χ4v) is 3.22. The van der Waals surface area contributed by atoms with Crippen molar-refractivity contribution in [3.05, 3.63) is 51.9 Å². The summed E-state index contributed by atoms with van der Waals surface area (Å²) < 4.78 is 11.1. The summed E-state index contributed by atoms with van der Waals surface area (Å²) in [6, 6.07) is 7.72. The molecule has 1 fully saturated rings. The van der Waals surface area contributed by atoms with Gasteiger partial charge in [0.2, 0.25) is 11.9 Å². The van der Waals surface area contributed by atoms with Crippen molar-refractivity contribution >= 4 is 23.5 Å². The van der Waals surface area contributed by atoms with Crippen molar-refractivity contribution in [2.45, 2.75) is 26.0 Å². The predicted molar refractivity (Wildman–Crippen MR) is 107 cm³/mol. The highest BCUT2D eigenvalue weighted by atomic mass is 16.5. The summed E-state index contributed by atoms with van der Waals surface area (Å²) in [5.74, 6) is -0.329. The Labute approximate surface area is 168 Å². The third-order valence-corrected chi connectivity index (χ3v) is 4.61. The number of hydrogen-bond acceptors (Lipinski definition) is 7. The van der Waals surface area contributed by atoms with Crippen LogP contribution in [0.15, 0.2) is 35.1 Å². The number of esters is 1. The highest BCUT2D eigenvalue weighted by Gasteiger charge is 2.21. The second-order valence-electron chi connectivity index (χ2n) is 6.72. The number of carbonyl (C=O) groups is 2. The van der Waals surface area contributed by atoms with Crippen LogP contribution in [-0.4, -0.2) is 48.7 Å². The lowest BCUT2D eigenvalue weighted by Crippen LogP contribution is -2.34. The second kappa shape index (κ2) is 9.33. The van der Waals surface area contributed by atoms with E-state index in [-0.39, 0.29) is 24.6 Å². The molecule has 0 unspecified atom stereocenters. The summed E-state index contributed by atoms with van der Waals surface area (Å²) in [6.07, 6.45) is 2.03. The third kappa shape index (κ3) is 5.00. The van der Waals surface area contributed by atoms with Crippen LogP contribution < -0.4 is 15.8 Å². The molecule has 1 saturated heterocycles. The van der Waals surface area contributed by atoms with Crippen molar-refractivity contribution in [3.63, 3.8) is 0 Å². The smallest absolute Gasteiger partial charge is 0.337 e. The third-order valence-electron chi connectivity index (χ3n) is 4.61. The summed E-state index contributed by atoms with van der Waals surface area (Å²) in [7, 11) is 2.85. The highest BCUT2D eigenvalue weighted by Crippen LogP contribution is 2.18. The maximum absolute atomic E-state index is 12.6. The standard InChI is InChI=1S/C20H24N4O5/c1-28-13-16-11-18(26)24(20(22-16)23-9-3-4-10-23)12-17(25)21-15-7-5-14(6-8-15)19(27)29-2/h5-8,11H,3-4,9-10,12-13H2,1-2H3,(H,21,25). The minimum absolute atomic E-state index is 0.163. The summed E-state index contributed by atoms with van der Waals surface area (Å²) >= 11 is 0. The molecule has 0 saturated carbocycles. The average Bonchev–Trinajstić information content (AvgIpc) is 3.24. The number of carbonyl (C=O) groups excluding carboxylic acids is 2. The van der Waals surface area contributed by atoms with E-state index in [1.807, 2.05) is 4.90 Å². The van der Waals surface area contributed by atoms with E-state index in [9.17, 15) is 14.4 Å². The molecular formula is C20H24N4O5. The Hall–Kier alpha value is -3.20. The Kier molecular flexibility index (Phi) is 6.61. The lowest BCUT2D eigenvalue weighted by molar-refractivity contribution is -0.116. The van der Waals surface area contributed by atoms with E-state index >= 15 is 0 Å². The van der Waals surface area contributed by atoms with Gasteiger partial charge in [-0.15, -0.1) is 0 Å². The Morgan fingerprint density at radius 1 is 1.14 bits per heavy atom. The van der Waals surface area contributed by atoms with E-state index in [4.69, 9.17) is 4.74 Å². The van der Waals surface area contributed by atoms with Gasteiger partial charge in [-0.2, -0.15) is 0 Å². The van der Waals surface area contributed by atoms with Gasteiger partial charge in [0.15, 0.2) is 0 Å². The van der Waals surface area contributed by atoms with Crippen LogP contribution in [0, 0.1) is 0 Å². The predicted octanol–water partition coefficient (Wildman–Crippen LogP) is 1.42. The van der Waals surface area contributed by atoms with Crippen molar-refractivity contribution < 1.29 is 19.1 Å².